The maximum Gasteiger partial charge on any atom is 0.0583 e. The molecule has 1 aromatic heterocycles. The Balaban J connectivity index is 1.57. The monoisotopic (exact) mass is 241 g/mol. The van der Waals surface area contributed by atoms with E-state index in [1.54, 1.807) is 0 Å². The van der Waals surface area contributed by atoms with Gasteiger partial charge in [-0.3, -0.25) is 0 Å². The van der Waals surface area contributed by atoms with E-state index < -0.39 is 0 Å². The van der Waals surface area contributed by atoms with Gasteiger partial charge in [0.15, 0.2) is 0 Å². The van der Waals surface area contributed by atoms with Gasteiger partial charge in [-0.1, -0.05) is 18.0 Å². The standard InChI is InChI=1S/C12H20ClN3/c13-11-8-12(15-9-11)10-14-4-7-16-5-2-1-3-6-16/h8-9,14-15H,1-7,10H2. The van der Waals surface area contributed by atoms with Crippen molar-refractivity contribution in [3.63, 3.8) is 0 Å². The Morgan fingerprint density at radius 1 is 1.31 bits per heavy atom. The largest absolute Gasteiger partial charge is 0.363 e. The summed E-state index contributed by atoms with van der Waals surface area (Å²) in [5, 5.41) is 4.22. The lowest BCUT2D eigenvalue weighted by Gasteiger charge is -2.26. The minimum absolute atomic E-state index is 0.785. The van der Waals surface area contributed by atoms with Gasteiger partial charge in [0.25, 0.3) is 0 Å². The van der Waals surface area contributed by atoms with Gasteiger partial charge in [-0.2, -0.15) is 0 Å². The van der Waals surface area contributed by atoms with E-state index in [-0.39, 0.29) is 0 Å². The van der Waals surface area contributed by atoms with Crippen LogP contribution in [0, 0.1) is 0 Å². The number of nitrogens with one attached hydrogen (secondary N) is 2. The second-order valence-electron chi connectivity index (χ2n) is 4.42. The van der Waals surface area contributed by atoms with Crippen LogP contribution < -0.4 is 5.32 Å². The summed E-state index contributed by atoms with van der Waals surface area (Å²) in [6, 6.07) is 1.97. The van der Waals surface area contributed by atoms with Crippen LogP contribution in [0.25, 0.3) is 0 Å². The summed E-state index contributed by atoms with van der Waals surface area (Å²) in [4.78, 5) is 5.68. The lowest BCUT2D eigenvalue weighted by molar-refractivity contribution is 0.229. The maximum atomic E-state index is 5.83. The molecule has 0 aromatic carbocycles. The highest BCUT2D eigenvalue weighted by Gasteiger charge is 2.08. The van der Waals surface area contributed by atoms with E-state index in [1.165, 1.54) is 32.4 Å². The van der Waals surface area contributed by atoms with E-state index in [4.69, 9.17) is 11.6 Å². The highest BCUT2D eigenvalue weighted by molar-refractivity contribution is 6.30. The summed E-state index contributed by atoms with van der Waals surface area (Å²) in [6.45, 7) is 5.64. The first-order chi connectivity index (χ1) is 7.84. The third-order valence-corrected chi connectivity index (χ3v) is 3.29. The zero-order valence-electron chi connectivity index (χ0n) is 9.64. The van der Waals surface area contributed by atoms with Gasteiger partial charge >= 0.3 is 0 Å². The van der Waals surface area contributed by atoms with Crippen molar-refractivity contribution in [1.29, 1.82) is 0 Å². The average Bonchev–Trinajstić information content (AvgIpc) is 2.72. The van der Waals surface area contributed by atoms with Gasteiger partial charge in [0, 0.05) is 31.5 Å². The van der Waals surface area contributed by atoms with Gasteiger partial charge in [-0.25, -0.2) is 0 Å². The molecule has 0 atom stereocenters. The zero-order chi connectivity index (χ0) is 11.2. The van der Waals surface area contributed by atoms with E-state index in [1.807, 2.05) is 12.3 Å². The van der Waals surface area contributed by atoms with Crippen LogP contribution in [0.5, 0.6) is 0 Å². The van der Waals surface area contributed by atoms with E-state index in [2.05, 4.69) is 15.2 Å². The second-order valence-corrected chi connectivity index (χ2v) is 4.86. The van der Waals surface area contributed by atoms with Gasteiger partial charge in [0.2, 0.25) is 0 Å². The molecule has 2 heterocycles. The van der Waals surface area contributed by atoms with E-state index in [0.29, 0.717) is 0 Å². The molecule has 1 aliphatic heterocycles. The van der Waals surface area contributed by atoms with Crippen molar-refractivity contribution in [2.24, 2.45) is 0 Å². The minimum Gasteiger partial charge on any atom is -0.363 e. The SMILES string of the molecule is Clc1c[nH]c(CNCCN2CCCCC2)c1. The predicted molar refractivity (Wildman–Crippen MR) is 67.8 cm³/mol. The van der Waals surface area contributed by atoms with Gasteiger partial charge in [-0.15, -0.1) is 0 Å². The van der Waals surface area contributed by atoms with Gasteiger partial charge in [0.05, 0.1) is 5.02 Å². The van der Waals surface area contributed by atoms with Crippen LogP contribution in [0.1, 0.15) is 25.0 Å². The normalized spacial score (nSPS) is 17.8. The summed E-state index contributed by atoms with van der Waals surface area (Å²) >= 11 is 5.83. The molecular formula is C12H20ClN3. The average molecular weight is 242 g/mol. The number of nitrogens with zero attached hydrogens (tertiary/aromatic N) is 1. The molecule has 0 spiro atoms. The van der Waals surface area contributed by atoms with Gasteiger partial charge in [-0.05, 0) is 32.0 Å². The summed E-state index contributed by atoms with van der Waals surface area (Å²) in [5.74, 6) is 0. The molecule has 0 radical (unpaired) electrons. The zero-order valence-corrected chi connectivity index (χ0v) is 10.4. The van der Waals surface area contributed by atoms with Crippen molar-refractivity contribution in [1.82, 2.24) is 15.2 Å². The van der Waals surface area contributed by atoms with Crippen molar-refractivity contribution in [2.45, 2.75) is 25.8 Å². The van der Waals surface area contributed by atoms with Crippen LogP contribution in [-0.2, 0) is 6.54 Å². The Hall–Kier alpha value is -0.510. The summed E-state index contributed by atoms with van der Waals surface area (Å²) in [5.41, 5.74) is 1.16. The molecular weight excluding hydrogens is 222 g/mol. The lowest BCUT2D eigenvalue weighted by Crippen LogP contribution is -2.35. The van der Waals surface area contributed by atoms with Crippen LogP contribution in [0.4, 0.5) is 0 Å². The number of hydrogen-bond acceptors (Lipinski definition) is 2. The Labute approximate surface area is 102 Å². The fourth-order valence-electron chi connectivity index (χ4n) is 2.16. The molecule has 0 unspecified atom stereocenters. The summed E-state index contributed by atoms with van der Waals surface area (Å²) in [7, 11) is 0. The topological polar surface area (TPSA) is 31.1 Å². The number of halogens is 1. The lowest BCUT2D eigenvalue weighted by atomic mass is 10.1. The van der Waals surface area contributed by atoms with Crippen molar-refractivity contribution in [3.05, 3.63) is 23.0 Å². The molecule has 3 nitrogen and oxygen atoms in total. The molecule has 4 heteroatoms. The third kappa shape index (κ3) is 3.81. The molecule has 2 N–H and O–H groups in total. The predicted octanol–water partition coefficient (Wildman–Crippen LogP) is 2.24. The highest BCUT2D eigenvalue weighted by atomic mass is 35.5. The van der Waals surface area contributed by atoms with Crippen LogP contribution in [0.3, 0.4) is 0 Å². The van der Waals surface area contributed by atoms with Crippen molar-refractivity contribution in [2.75, 3.05) is 26.2 Å². The van der Waals surface area contributed by atoms with Gasteiger partial charge < -0.3 is 15.2 Å². The Morgan fingerprint density at radius 3 is 2.81 bits per heavy atom. The molecule has 16 heavy (non-hydrogen) atoms. The smallest absolute Gasteiger partial charge is 0.0583 e. The Bertz CT molecular complexity index is 305. The van der Waals surface area contributed by atoms with Crippen molar-refractivity contribution < 1.29 is 0 Å². The first-order valence-electron chi connectivity index (χ1n) is 6.10. The Morgan fingerprint density at radius 2 is 2.12 bits per heavy atom. The van der Waals surface area contributed by atoms with Crippen LogP contribution in [0.15, 0.2) is 12.3 Å². The number of aromatic amines is 1. The summed E-state index contributed by atoms with van der Waals surface area (Å²) < 4.78 is 0. The molecule has 90 valence electrons. The number of H-pyrrole nitrogens is 1. The number of piperidine rings is 1. The molecule has 0 aliphatic carbocycles. The summed E-state index contributed by atoms with van der Waals surface area (Å²) in [6.07, 6.45) is 5.96. The Kier molecular flexibility index (Phi) is 4.69. The minimum atomic E-state index is 0.785. The van der Waals surface area contributed by atoms with Crippen molar-refractivity contribution in [3.8, 4) is 0 Å². The van der Waals surface area contributed by atoms with E-state index in [9.17, 15) is 0 Å². The number of likely N-dealkylation sites (tertiary alicyclic amines) is 1. The molecule has 0 bridgehead atoms. The second kappa shape index (κ2) is 6.28. The molecule has 0 amide bonds. The maximum absolute atomic E-state index is 5.83. The molecule has 1 aromatic rings. The van der Waals surface area contributed by atoms with Gasteiger partial charge in [0.1, 0.15) is 0 Å². The fraction of sp³-hybridized carbons (Fsp3) is 0.667. The molecule has 1 aliphatic rings. The molecule has 1 fully saturated rings. The van der Waals surface area contributed by atoms with Crippen LogP contribution in [-0.4, -0.2) is 36.1 Å². The number of rotatable bonds is 5. The molecule has 0 saturated carbocycles. The fourth-order valence-corrected chi connectivity index (χ4v) is 2.34. The highest BCUT2D eigenvalue weighted by Crippen LogP contribution is 2.09. The van der Waals surface area contributed by atoms with Crippen LogP contribution >= 0.6 is 11.6 Å². The van der Waals surface area contributed by atoms with Crippen molar-refractivity contribution >= 4 is 11.6 Å². The third-order valence-electron chi connectivity index (χ3n) is 3.08. The molecule has 2 rings (SSSR count). The first-order valence-corrected chi connectivity index (χ1v) is 6.48. The number of hydrogen-bond donors (Lipinski definition) is 2. The quantitative estimate of drug-likeness (QED) is 0.775. The number of aromatic nitrogens is 1. The molecule has 1 saturated heterocycles. The van der Waals surface area contributed by atoms with Crippen LogP contribution in [0.2, 0.25) is 5.02 Å². The first kappa shape index (κ1) is 12.0. The van der Waals surface area contributed by atoms with E-state index >= 15 is 0 Å². The van der Waals surface area contributed by atoms with E-state index in [0.717, 1.165) is 30.4 Å².